The molecular weight excluding hydrogens is 350 g/mol. The van der Waals surface area contributed by atoms with Crippen molar-refractivity contribution in [1.82, 2.24) is 4.72 Å². The van der Waals surface area contributed by atoms with Crippen molar-refractivity contribution < 1.29 is 8.42 Å². The van der Waals surface area contributed by atoms with E-state index in [0.717, 1.165) is 23.7 Å². The van der Waals surface area contributed by atoms with Gasteiger partial charge in [0.2, 0.25) is 10.0 Å². The van der Waals surface area contributed by atoms with Gasteiger partial charge in [0.15, 0.2) is 0 Å². The summed E-state index contributed by atoms with van der Waals surface area (Å²) in [5.74, 6) is 0. The molecule has 1 aromatic rings. The highest BCUT2D eigenvalue weighted by atomic mass is 79.9. The summed E-state index contributed by atoms with van der Waals surface area (Å²) in [7, 11) is -3.56. The zero-order valence-electron chi connectivity index (χ0n) is 10.9. The summed E-state index contributed by atoms with van der Waals surface area (Å²) in [4.78, 5) is 0.139. The lowest BCUT2D eigenvalue weighted by molar-refractivity contribution is 0.313. The van der Waals surface area contributed by atoms with Gasteiger partial charge in [0, 0.05) is 10.5 Å². The van der Waals surface area contributed by atoms with Crippen molar-refractivity contribution in [3.05, 3.63) is 27.7 Å². The Morgan fingerprint density at radius 2 is 2.11 bits per heavy atom. The van der Waals surface area contributed by atoms with Crippen molar-refractivity contribution in [1.29, 1.82) is 0 Å². The molecule has 0 heterocycles. The fourth-order valence-corrected chi connectivity index (χ4v) is 4.97. The van der Waals surface area contributed by atoms with E-state index in [1.165, 1.54) is 6.07 Å². The van der Waals surface area contributed by atoms with Crippen LogP contribution < -0.4 is 4.72 Å². The van der Waals surface area contributed by atoms with E-state index < -0.39 is 10.0 Å². The summed E-state index contributed by atoms with van der Waals surface area (Å²) in [6.07, 6.45) is 2.96. The van der Waals surface area contributed by atoms with Crippen LogP contribution in [0.1, 0.15) is 33.1 Å². The average molecular weight is 367 g/mol. The second-order valence-corrected chi connectivity index (χ2v) is 8.63. The zero-order chi connectivity index (χ0) is 14.3. The second-order valence-electron chi connectivity index (χ2n) is 5.63. The molecule has 0 aliphatic heterocycles. The standard InChI is InChI=1S/C13H17BrClNO2S/c1-13(2)7-3-4-12(13)16-19(17,18)11-6-5-9(14)8-10(11)15/h5-6,8,12,16H,3-4,7H2,1-2H3. The second kappa shape index (κ2) is 5.35. The molecule has 0 radical (unpaired) electrons. The SMILES string of the molecule is CC1(C)CCCC1NS(=O)(=O)c1ccc(Br)cc1Cl. The van der Waals surface area contributed by atoms with Gasteiger partial charge >= 0.3 is 0 Å². The first kappa shape index (κ1) is 15.3. The van der Waals surface area contributed by atoms with Crippen molar-refractivity contribution in [2.24, 2.45) is 5.41 Å². The van der Waals surface area contributed by atoms with Crippen LogP contribution in [0.3, 0.4) is 0 Å². The quantitative estimate of drug-likeness (QED) is 0.880. The Kier molecular flexibility index (Phi) is 4.31. The summed E-state index contributed by atoms with van der Waals surface area (Å²) in [5, 5.41) is 0.234. The first-order valence-corrected chi connectivity index (χ1v) is 8.85. The molecule has 1 N–H and O–H groups in total. The molecule has 0 spiro atoms. The molecule has 3 nitrogen and oxygen atoms in total. The predicted octanol–water partition coefficient (Wildman–Crippen LogP) is 3.96. The predicted molar refractivity (Wildman–Crippen MR) is 80.9 cm³/mol. The molecule has 6 heteroatoms. The van der Waals surface area contributed by atoms with E-state index in [0.29, 0.717) is 0 Å². The molecule has 0 bridgehead atoms. The van der Waals surface area contributed by atoms with E-state index in [-0.39, 0.29) is 21.4 Å². The van der Waals surface area contributed by atoms with E-state index in [2.05, 4.69) is 34.5 Å². The van der Waals surface area contributed by atoms with Crippen molar-refractivity contribution in [2.45, 2.75) is 44.0 Å². The number of rotatable bonds is 3. The van der Waals surface area contributed by atoms with Gasteiger partial charge in [-0.15, -0.1) is 0 Å². The van der Waals surface area contributed by atoms with Crippen LogP contribution in [0.4, 0.5) is 0 Å². The number of nitrogens with one attached hydrogen (secondary N) is 1. The highest BCUT2D eigenvalue weighted by Gasteiger charge is 2.37. The van der Waals surface area contributed by atoms with Crippen molar-refractivity contribution in [2.75, 3.05) is 0 Å². The maximum Gasteiger partial charge on any atom is 0.242 e. The molecule has 1 atom stereocenters. The van der Waals surface area contributed by atoms with Crippen LogP contribution in [0.5, 0.6) is 0 Å². The van der Waals surface area contributed by atoms with Crippen LogP contribution in [-0.4, -0.2) is 14.5 Å². The molecular formula is C13H17BrClNO2S. The minimum Gasteiger partial charge on any atom is -0.207 e. The lowest BCUT2D eigenvalue weighted by Gasteiger charge is -2.27. The third kappa shape index (κ3) is 3.32. The smallest absolute Gasteiger partial charge is 0.207 e. The van der Waals surface area contributed by atoms with Gasteiger partial charge < -0.3 is 0 Å². The van der Waals surface area contributed by atoms with Gasteiger partial charge in [-0.1, -0.05) is 47.8 Å². The summed E-state index contributed by atoms with van der Waals surface area (Å²) in [5.41, 5.74) is -0.00505. The van der Waals surface area contributed by atoms with Crippen LogP contribution in [0, 0.1) is 5.41 Å². The molecule has 1 saturated carbocycles. The monoisotopic (exact) mass is 365 g/mol. The fourth-order valence-electron chi connectivity index (χ4n) is 2.49. The summed E-state index contributed by atoms with van der Waals surface area (Å²) >= 11 is 9.29. The summed E-state index contributed by atoms with van der Waals surface area (Å²) < 4.78 is 28.4. The Morgan fingerprint density at radius 1 is 1.42 bits per heavy atom. The Hall–Kier alpha value is -0.100. The minimum absolute atomic E-state index is 0.00505. The van der Waals surface area contributed by atoms with Gasteiger partial charge in [0.25, 0.3) is 0 Å². The largest absolute Gasteiger partial charge is 0.242 e. The maximum absolute atomic E-state index is 12.4. The Bertz CT molecular complexity index is 586. The number of sulfonamides is 1. The molecule has 2 rings (SSSR count). The van der Waals surface area contributed by atoms with E-state index in [1.54, 1.807) is 12.1 Å². The Balaban J connectivity index is 2.28. The van der Waals surface area contributed by atoms with Gasteiger partial charge in [-0.25, -0.2) is 13.1 Å². The summed E-state index contributed by atoms with van der Waals surface area (Å²) in [6, 6.07) is 4.77. The number of hydrogen-bond acceptors (Lipinski definition) is 2. The molecule has 1 aliphatic carbocycles. The molecule has 106 valence electrons. The molecule has 1 aromatic carbocycles. The van der Waals surface area contributed by atoms with Gasteiger partial charge in [-0.05, 0) is 36.5 Å². The number of halogens is 2. The van der Waals surface area contributed by atoms with Gasteiger partial charge in [0.05, 0.1) is 5.02 Å². The van der Waals surface area contributed by atoms with Gasteiger partial charge in [-0.2, -0.15) is 0 Å². The minimum atomic E-state index is -3.56. The molecule has 0 amide bonds. The molecule has 1 unspecified atom stereocenters. The van der Waals surface area contributed by atoms with E-state index in [4.69, 9.17) is 11.6 Å². The van der Waals surface area contributed by atoms with E-state index in [1.807, 2.05) is 0 Å². The molecule has 0 saturated heterocycles. The summed E-state index contributed by atoms with van der Waals surface area (Å²) in [6.45, 7) is 4.19. The van der Waals surface area contributed by atoms with Crippen LogP contribution in [0.25, 0.3) is 0 Å². The molecule has 19 heavy (non-hydrogen) atoms. The highest BCUT2D eigenvalue weighted by molar-refractivity contribution is 9.10. The topological polar surface area (TPSA) is 46.2 Å². The Labute approximate surface area is 127 Å². The van der Waals surface area contributed by atoms with Crippen molar-refractivity contribution in [3.8, 4) is 0 Å². The van der Waals surface area contributed by atoms with Gasteiger partial charge in [-0.3, -0.25) is 0 Å². The first-order chi connectivity index (χ1) is 8.72. The fraction of sp³-hybridized carbons (Fsp3) is 0.538. The lowest BCUT2D eigenvalue weighted by Crippen LogP contribution is -2.41. The first-order valence-electron chi connectivity index (χ1n) is 6.20. The zero-order valence-corrected chi connectivity index (χ0v) is 14.1. The van der Waals surface area contributed by atoms with E-state index in [9.17, 15) is 8.42 Å². The van der Waals surface area contributed by atoms with E-state index >= 15 is 0 Å². The van der Waals surface area contributed by atoms with Crippen LogP contribution in [0.2, 0.25) is 5.02 Å². The third-order valence-corrected chi connectivity index (χ3v) is 6.19. The van der Waals surface area contributed by atoms with Crippen molar-refractivity contribution in [3.63, 3.8) is 0 Å². The lowest BCUT2D eigenvalue weighted by atomic mass is 9.88. The maximum atomic E-state index is 12.4. The number of benzene rings is 1. The normalized spacial score (nSPS) is 22.6. The van der Waals surface area contributed by atoms with Crippen LogP contribution >= 0.6 is 27.5 Å². The third-order valence-electron chi connectivity index (χ3n) is 3.74. The molecule has 1 fully saturated rings. The highest BCUT2D eigenvalue weighted by Crippen LogP contribution is 2.38. The van der Waals surface area contributed by atoms with Gasteiger partial charge in [0.1, 0.15) is 4.90 Å². The molecule has 1 aliphatic rings. The van der Waals surface area contributed by atoms with Crippen LogP contribution in [0.15, 0.2) is 27.6 Å². The average Bonchev–Trinajstić information content (AvgIpc) is 2.56. The number of hydrogen-bond donors (Lipinski definition) is 1. The molecule has 0 aromatic heterocycles. The van der Waals surface area contributed by atoms with Crippen molar-refractivity contribution >= 4 is 37.6 Å². The van der Waals surface area contributed by atoms with Crippen LogP contribution in [-0.2, 0) is 10.0 Å². The Morgan fingerprint density at radius 3 is 2.63 bits per heavy atom.